The summed E-state index contributed by atoms with van der Waals surface area (Å²) >= 11 is 19.0. The normalized spacial score (nSPS) is 10.8. The van der Waals surface area contributed by atoms with Gasteiger partial charge in [-0.05, 0) is 43.7 Å². The third-order valence-electron chi connectivity index (χ3n) is 4.56. The molecule has 0 spiro atoms. The number of aryl methyl sites for hydroxylation is 1. The first kappa shape index (κ1) is 26.1. The van der Waals surface area contributed by atoms with Gasteiger partial charge in [-0.15, -0.1) is 10.2 Å². The molecule has 1 N–H and O–H groups in total. The number of carbonyl (C=O) groups excluding carboxylic acids is 1. The number of rotatable bonds is 11. The Morgan fingerprint density at radius 1 is 1.18 bits per heavy atom. The van der Waals surface area contributed by atoms with E-state index in [-0.39, 0.29) is 22.4 Å². The largest absolute Gasteiger partial charge is 0.492 e. The van der Waals surface area contributed by atoms with Crippen molar-refractivity contribution in [1.82, 2.24) is 14.8 Å². The molecule has 34 heavy (non-hydrogen) atoms. The lowest BCUT2D eigenvalue weighted by Crippen LogP contribution is -2.15. The number of amides is 1. The molecule has 0 aliphatic carbocycles. The number of nitro benzene ring substituents is 1. The second-order valence-corrected chi connectivity index (χ2v) is 9.12. The Balaban J connectivity index is 1.51. The fourth-order valence-corrected chi connectivity index (χ4v) is 4.46. The zero-order valence-corrected chi connectivity index (χ0v) is 21.0. The van der Waals surface area contributed by atoms with Gasteiger partial charge in [0, 0.05) is 29.7 Å². The molecule has 0 unspecified atom stereocenters. The molecule has 9 nitrogen and oxygen atoms in total. The molecule has 3 aromatic rings. The van der Waals surface area contributed by atoms with Crippen LogP contribution in [0, 0.1) is 10.1 Å². The lowest BCUT2D eigenvalue weighted by atomic mass is 10.3. The van der Waals surface area contributed by atoms with Crippen LogP contribution in [-0.2, 0) is 17.8 Å². The van der Waals surface area contributed by atoms with Crippen LogP contribution in [0.4, 0.5) is 11.4 Å². The van der Waals surface area contributed by atoms with Crippen LogP contribution in [0.15, 0.2) is 41.6 Å². The highest BCUT2D eigenvalue weighted by atomic mass is 35.5. The molecule has 13 heteroatoms. The Hall–Kier alpha value is -2.53. The van der Waals surface area contributed by atoms with Crippen molar-refractivity contribution in [3.63, 3.8) is 0 Å². The Bertz CT molecular complexity index is 1190. The minimum atomic E-state index is -0.604. The lowest BCUT2D eigenvalue weighted by Gasteiger charge is -2.09. The highest BCUT2D eigenvalue weighted by Gasteiger charge is 2.16. The fourth-order valence-electron chi connectivity index (χ4n) is 2.99. The third-order valence-corrected chi connectivity index (χ3v) is 6.38. The highest BCUT2D eigenvalue weighted by Crippen LogP contribution is 2.29. The first-order valence-electron chi connectivity index (χ1n) is 10.1. The van der Waals surface area contributed by atoms with Gasteiger partial charge in [-0.1, -0.05) is 46.6 Å². The Morgan fingerprint density at radius 2 is 1.97 bits per heavy atom. The monoisotopic (exact) mass is 543 g/mol. The maximum Gasteiger partial charge on any atom is 0.289 e. The van der Waals surface area contributed by atoms with E-state index in [9.17, 15) is 14.9 Å². The summed E-state index contributed by atoms with van der Waals surface area (Å²) in [4.78, 5) is 22.7. The van der Waals surface area contributed by atoms with E-state index in [1.165, 1.54) is 30.0 Å². The summed E-state index contributed by atoms with van der Waals surface area (Å²) in [5, 5.41) is 23.7. The molecule has 2 aromatic carbocycles. The van der Waals surface area contributed by atoms with Crippen molar-refractivity contribution in [2.24, 2.45) is 0 Å². The van der Waals surface area contributed by atoms with E-state index >= 15 is 0 Å². The van der Waals surface area contributed by atoms with E-state index in [1.54, 1.807) is 18.2 Å². The summed E-state index contributed by atoms with van der Waals surface area (Å²) in [7, 11) is 0. The smallest absolute Gasteiger partial charge is 0.289 e. The maximum absolute atomic E-state index is 12.3. The van der Waals surface area contributed by atoms with E-state index in [1.807, 2.05) is 11.5 Å². The van der Waals surface area contributed by atoms with Crippen molar-refractivity contribution >= 4 is 63.8 Å². The summed E-state index contributed by atoms with van der Waals surface area (Å²) in [6.45, 7) is 3.05. The average Bonchev–Trinajstić information content (AvgIpc) is 3.19. The molecule has 180 valence electrons. The summed E-state index contributed by atoms with van der Waals surface area (Å²) in [6.07, 6.45) is 1.32. The number of nitro groups is 1. The number of thioether (sulfide) groups is 1. The number of benzene rings is 2. The van der Waals surface area contributed by atoms with Crippen molar-refractivity contribution in [2.45, 2.75) is 31.5 Å². The van der Waals surface area contributed by atoms with Crippen LogP contribution >= 0.6 is 46.6 Å². The van der Waals surface area contributed by atoms with Crippen molar-refractivity contribution in [2.75, 3.05) is 17.7 Å². The lowest BCUT2D eigenvalue weighted by molar-refractivity contribution is -0.384. The topological polar surface area (TPSA) is 112 Å². The van der Waals surface area contributed by atoms with Gasteiger partial charge in [0.25, 0.3) is 5.69 Å². The predicted molar refractivity (Wildman–Crippen MR) is 133 cm³/mol. The number of nitrogens with one attached hydrogen (secondary N) is 1. The Morgan fingerprint density at radius 3 is 2.68 bits per heavy atom. The van der Waals surface area contributed by atoms with Crippen LogP contribution in [-0.4, -0.2) is 38.0 Å². The minimum Gasteiger partial charge on any atom is -0.492 e. The van der Waals surface area contributed by atoms with Crippen LogP contribution < -0.4 is 10.1 Å². The quantitative estimate of drug-likeness (QED) is 0.138. The van der Waals surface area contributed by atoms with Gasteiger partial charge in [0.1, 0.15) is 16.6 Å². The molecule has 3 rings (SSSR count). The highest BCUT2D eigenvalue weighted by molar-refractivity contribution is 7.99. The van der Waals surface area contributed by atoms with Crippen molar-refractivity contribution in [1.29, 1.82) is 0 Å². The number of nitrogens with zero attached hydrogens (tertiary/aromatic N) is 4. The van der Waals surface area contributed by atoms with Crippen molar-refractivity contribution in [3.05, 3.63) is 67.4 Å². The fraction of sp³-hybridized carbons (Fsp3) is 0.286. The number of hydrogen-bond donors (Lipinski definition) is 1. The molecule has 0 fully saturated rings. The van der Waals surface area contributed by atoms with Crippen LogP contribution in [0.1, 0.15) is 19.2 Å². The molecule has 0 radical (unpaired) electrons. The molecular formula is C21H20Cl3N5O4S. The first-order valence-corrected chi connectivity index (χ1v) is 12.3. The summed E-state index contributed by atoms with van der Waals surface area (Å²) in [5.41, 5.74) is 0.0185. The Kier molecular flexibility index (Phi) is 9.40. The van der Waals surface area contributed by atoms with Gasteiger partial charge in [-0.3, -0.25) is 14.9 Å². The van der Waals surface area contributed by atoms with E-state index in [0.717, 1.165) is 5.82 Å². The van der Waals surface area contributed by atoms with Crippen molar-refractivity contribution in [3.8, 4) is 5.75 Å². The van der Waals surface area contributed by atoms with Crippen LogP contribution in [0.3, 0.4) is 0 Å². The summed E-state index contributed by atoms with van der Waals surface area (Å²) in [6, 6.07) is 9.15. The van der Waals surface area contributed by atoms with Gasteiger partial charge < -0.3 is 14.6 Å². The zero-order valence-electron chi connectivity index (χ0n) is 18.0. The van der Waals surface area contributed by atoms with E-state index in [4.69, 9.17) is 39.5 Å². The number of anilines is 1. The van der Waals surface area contributed by atoms with Gasteiger partial charge in [-0.25, -0.2) is 0 Å². The first-order chi connectivity index (χ1) is 16.3. The predicted octanol–water partition coefficient (Wildman–Crippen LogP) is 5.91. The molecule has 0 atom stereocenters. The number of ether oxygens (including phenoxy) is 1. The van der Waals surface area contributed by atoms with Gasteiger partial charge in [0.2, 0.25) is 5.91 Å². The molecule has 1 heterocycles. The molecule has 0 saturated heterocycles. The van der Waals surface area contributed by atoms with Gasteiger partial charge in [0.05, 0.1) is 22.3 Å². The molecule has 0 aliphatic heterocycles. The zero-order chi connectivity index (χ0) is 24.7. The molecule has 1 amide bonds. The second kappa shape index (κ2) is 12.3. The minimum absolute atomic E-state index is 0.00242. The number of aromatic nitrogens is 3. The number of hydrogen-bond acceptors (Lipinski definition) is 7. The average molecular weight is 545 g/mol. The van der Waals surface area contributed by atoms with E-state index in [0.29, 0.717) is 52.6 Å². The third kappa shape index (κ3) is 6.99. The standard InChI is InChI=1S/C21H20Cl3N5O4S/c1-2-28-19(4-3-9-33-18-8-5-13(22)10-16(18)24)26-27-21(28)34-12-20(30)25-14-6-7-15(23)17(11-14)29(31)32/h5-8,10-11H,2-4,9,12H2,1H3,(H,25,30). The second-order valence-electron chi connectivity index (χ2n) is 6.93. The maximum atomic E-state index is 12.3. The molecule has 0 aliphatic rings. The molecule has 1 aromatic heterocycles. The summed E-state index contributed by atoms with van der Waals surface area (Å²) < 4.78 is 7.63. The molecule has 0 bridgehead atoms. The number of carbonyl (C=O) groups is 1. The summed E-state index contributed by atoms with van der Waals surface area (Å²) in [5.74, 6) is 1.08. The Labute approximate surface area is 214 Å². The van der Waals surface area contributed by atoms with Crippen LogP contribution in [0.5, 0.6) is 5.75 Å². The van der Waals surface area contributed by atoms with E-state index in [2.05, 4.69) is 15.5 Å². The SMILES string of the molecule is CCn1c(CCCOc2ccc(Cl)cc2Cl)nnc1SCC(=O)Nc1ccc(Cl)c([N+](=O)[O-])c1. The van der Waals surface area contributed by atoms with Crippen LogP contribution in [0.2, 0.25) is 15.1 Å². The van der Waals surface area contributed by atoms with E-state index < -0.39 is 4.92 Å². The van der Waals surface area contributed by atoms with Gasteiger partial charge in [-0.2, -0.15) is 0 Å². The molecular weight excluding hydrogens is 525 g/mol. The molecule has 0 saturated carbocycles. The van der Waals surface area contributed by atoms with Gasteiger partial charge >= 0.3 is 0 Å². The van der Waals surface area contributed by atoms with Gasteiger partial charge in [0.15, 0.2) is 5.16 Å². The number of halogens is 3. The van der Waals surface area contributed by atoms with Crippen LogP contribution in [0.25, 0.3) is 0 Å². The van der Waals surface area contributed by atoms with Crippen molar-refractivity contribution < 1.29 is 14.5 Å².